The van der Waals surface area contributed by atoms with Gasteiger partial charge in [-0.1, -0.05) is 47.5 Å². The van der Waals surface area contributed by atoms with E-state index in [4.69, 9.17) is 10.2 Å². The summed E-state index contributed by atoms with van der Waals surface area (Å²) in [4.78, 5) is 41.6. The van der Waals surface area contributed by atoms with Crippen molar-refractivity contribution in [2.24, 2.45) is 0 Å². The van der Waals surface area contributed by atoms with E-state index in [0.29, 0.717) is 18.7 Å². The minimum absolute atomic E-state index is 0.0224. The zero-order valence-corrected chi connectivity index (χ0v) is 18.6. The van der Waals surface area contributed by atoms with Crippen LogP contribution in [-0.2, 0) is 17.9 Å². The van der Waals surface area contributed by atoms with E-state index in [1.807, 2.05) is 31.2 Å². The minimum atomic E-state index is -0.732. The van der Waals surface area contributed by atoms with Crippen LogP contribution in [0.2, 0.25) is 0 Å². The van der Waals surface area contributed by atoms with Gasteiger partial charge in [0.1, 0.15) is 11.6 Å². The number of H-pyrrole nitrogens is 1. The average molecular weight is 487 g/mol. The molecule has 0 bridgehead atoms. The van der Waals surface area contributed by atoms with E-state index in [2.05, 4.69) is 20.9 Å². The summed E-state index contributed by atoms with van der Waals surface area (Å²) in [6, 6.07) is 10.8. The molecule has 3 rings (SSSR count). The molecule has 3 N–H and O–H groups in total. The van der Waals surface area contributed by atoms with E-state index >= 15 is 0 Å². The minimum Gasteiger partial charge on any atom is -0.467 e. The molecule has 0 spiro atoms. The number of aromatic nitrogens is 2. The molecule has 0 fully saturated rings. The Hall–Kier alpha value is -3.33. The van der Waals surface area contributed by atoms with Crippen molar-refractivity contribution in [3.05, 3.63) is 85.4 Å². The van der Waals surface area contributed by atoms with Gasteiger partial charge in [0.25, 0.3) is 11.5 Å². The van der Waals surface area contributed by atoms with Crippen molar-refractivity contribution in [3.8, 4) is 0 Å². The Balaban J connectivity index is 2.05. The molecule has 31 heavy (non-hydrogen) atoms. The molecular formula is C22H23BrN4O4. The van der Waals surface area contributed by atoms with Gasteiger partial charge < -0.3 is 10.2 Å². The number of anilines is 2. The van der Waals surface area contributed by atoms with Gasteiger partial charge in [-0.25, -0.2) is 4.79 Å². The SMILES string of the molecule is CCCCn1c(N)c(N(Cc2ccco2)C(=O)/C=C/c2ccccc2Br)c(=O)[nH]c1=O. The predicted molar refractivity (Wildman–Crippen MR) is 124 cm³/mol. The van der Waals surface area contributed by atoms with E-state index in [9.17, 15) is 14.4 Å². The molecule has 1 aromatic carbocycles. The number of nitrogen functional groups attached to an aromatic ring is 1. The van der Waals surface area contributed by atoms with Gasteiger partial charge in [-0.15, -0.1) is 0 Å². The number of hydrogen-bond acceptors (Lipinski definition) is 5. The summed E-state index contributed by atoms with van der Waals surface area (Å²) >= 11 is 3.44. The first kappa shape index (κ1) is 22.4. The molecule has 2 aromatic heterocycles. The number of aromatic amines is 1. The Morgan fingerprint density at radius 1 is 1.26 bits per heavy atom. The van der Waals surface area contributed by atoms with Crippen LogP contribution in [0.15, 0.2) is 67.2 Å². The van der Waals surface area contributed by atoms with Gasteiger partial charge in [0.15, 0.2) is 5.69 Å². The van der Waals surface area contributed by atoms with E-state index < -0.39 is 17.2 Å². The molecule has 3 aromatic rings. The number of benzene rings is 1. The summed E-state index contributed by atoms with van der Waals surface area (Å²) in [5.41, 5.74) is 5.58. The zero-order valence-electron chi connectivity index (χ0n) is 17.0. The largest absolute Gasteiger partial charge is 0.467 e. The molecule has 0 aliphatic rings. The van der Waals surface area contributed by atoms with Crippen molar-refractivity contribution >= 4 is 39.4 Å². The van der Waals surface area contributed by atoms with Gasteiger partial charge >= 0.3 is 5.69 Å². The first-order chi connectivity index (χ1) is 14.9. The molecule has 0 unspecified atom stereocenters. The summed E-state index contributed by atoms with van der Waals surface area (Å²) in [6.45, 7) is 2.29. The highest BCUT2D eigenvalue weighted by molar-refractivity contribution is 9.10. The maximum atomic E-state index is 13.2. The van der Waals surface area contributed by atoms with Crippen LogP contribution in [-0.4, -0.2) is 15.5 Å². The standard InChI is InChI=1S/C22H23BrN4O4/c1-2-3-12-26-20(24)19(21(29)25-22(26)30)27(14-16-8-6-13-31-16)18(28)11-10-15-7-4-5-9-17(15)23/h4-11,13H,2-3,12,14,24H2,1H3,(H,25,29,30)/b11-10+. The number of nitrogens with zero attached hydrogens (tertiary/aromatic N) is 2. The van der Waals surface area contributed by atoms with Crippen molar-refractivity contribution in [3.63, 3.8) is 0 Å². The summed E-state index contributed by atoms with van der Waals surface area (Å²) < 4.78 is 7.47. The molecule has 162 valence electrons. The third-order valence-corrected chi connectivity index (χ3v) is 5.41. The molecule has 0 saturated heterocycles. The molecule has 0 saturated carbocycles. The lowest BCUT2D eigenvalue weighted by atomic mass is 10.2. The second-order valence-corrected chi connectivity index (χ2v) is 7.71. The maximum Gasteiger partial charge on any atom is 0.330 e. The fraction of sp³-hybridized carbons (Fsp3) is 0.227. The number of carbonyl (C=O) groups excluding carboxylic acids is 1. The van der Waals surface area contributed by atoms with Crippen LogP contribution in [0.4, 0.5) is 11.5 Å². The number of amides is 1. The topological polar surface area (TPSA) is 114 Å². The van der Waals surface area contributed by atoms with Gasteiger partial charge in [0.2, 0.25) is 0 Å². The normalized spacial score (nSPS) is 11.2. The van der Waals surface area contributed by atoms with Crippen LogP contribution in [0.3, 0.4) is 0 Å². The highest BCUT2D eigenvalue weighted by Crippen LogP contribution is 2.22. The molecule has 9 heteroatoms. The number of hydrogen-bond donors (Lipinski definition) is 2. The third kappa shape index (κ3) is 5.24. The summed E-state index contributed by atoms with van der Waals surface area (Å²) in [6.07, 6.45) is 6.00. The fourth-order valence-electron chi connectivity index (χ4n) is 3.06. The molecule has 0 aliphatic heterocycles. The van der Waals surface area contributed by atoms with Crippen LogP contribution in [0, 0.1) is 0 Å². The number of unbranched alkanes of at least 4 members (excludes halogenated alkanes) is 1. The van der Waals surface area contributed by atoms with Crippen molar-refractivity contribution in [1.82, 2.24) is 9.55 Å². The number of carbonyl (C=O) groups is 1. The molecule has 2 heterocycles. The van der Waals surface area contributed by atoms with E-state index in [0.717, 1.165) is 16.5 Å². The van der Waals surface area contributed by atoms with Crippen molar-refractivity contribution in [2.75, 3.05) is 10.6 Å². The zero-order chi connectivity index (χ0) is 22.4. The Bertz CT molecular complexity index is 1190. The van der Waals surface area contributed by atoms with Gasteiger partial charge in [0, 0.05) is 17.1 Å². The van der Waals surface area contributed by atoms with Crippen molar-refractivity contribution in [1.29, 1.82) is 0 Å². The molecule has 1 amide bonds. The number of nitrogens with one attached hydrogen (secondary N) is 1. The van der Waals surface area contributed by atoms with Crippen LogP contribution in [0.25, 0.3) is 6.08 Å². The number of halogens is 1. The first-order valence-corrected chi connectivity index (χ1v) is 10.6. The Morgan fingerprint density at radius 3 is 2.71 bits per heavy atom. The second kappa shape index (κ2) is 10.1. The van der Waals surface area contributed by atoms with Crippen molar-refractivity contribution in [2.45, 2.75) is 32.9 Å². The van der Waals surface area contributed by atoms with E-state index in [-0.39, 0.29) is 18.1 Å². The molecule has 8 nitrogen and oxygen atoms in total. The average Bonchev–Trinajstić information content (AvgIpc) is 3.25. The van der Waals surface area contributed by atoms with Crippen LogP contribution >= 0.6 is 15.9 Å². The number of furan rings is 1. The summed E-state index contributed by atoms with van der Waals surface area (Å²) in [5, 5.41) is 0. The predicted octanol–water partition coefficient (Wildman–Crippen LogP) is 3.52. The highest BCUT2D eigenvalue weighted by Gasteiger charge is 2.24. The van der Waals surface area contributed by atoms with E-state index in [1.54, 1.807) is 18.2 Å². The molecular weight excluding hydrogens is 464 g/mol. The lowest BCUT2D eigenvalue weighted by Gasteiger charge is -2.22. The molecule has 0 radical (unpaired) electrons. The Labute approximate surface area is 187 Å². The van der Waals surface area contributed by atoms with Gasteiger partial charge in [-0.05, 0) is 36.3 Å². The quantitative estimate of drug-likeness (QED) is 0.472. The van der Waals surface area contributed by atoms with Gasteiger partial charge in [-0.2, -0.15) is 0 Å². The lowest BCUT2D eigenvalue weighted by molar-refractivity contribution is -0.114. The lowest BCUT2D eigenvalue weighted by Crippen LogP contribution is -2.40. The summed E-state index contributed by atoms with van der Waals surface area (Å²) in [5.74, 6) is -0.0748. The number of rotatable bonds is 8. The smallest absolute Gasteiger partial charge is 0.330 e. The third-order valence-electron chi connectivity index (χ3n) is 4.69. The first-order valence-electron chi connectivity index (χ1n) is 9.81. The summed E-state index contributed by atoms with van der Waals surface area (Å²) in [7, 11) is 0. The Morgan fingerprint density at radius 2 is 2.03 bits per heavy atom. The van der Waals surface area contributed by atoms with Gasteiger partial charge in [0.05, 0.1) is 12.8 Å². The van der Waals surface area contributed by atoms with Gasteiger partial charge in [-0.3, -0.25) is 24.0 Å². The van der Waals surface area contributed by atoms with Crippen LogP contribution in [0.5, 0.6) is 0 Å². The second-order valence-electron chi connectivity index (χ2n) is 6.86. The molecule has 0 atom stereocenters. The Kier molecular flexibility index (Phi) is 7.30. The fourth-order valence-corrected chi connectivity index (χ4v) is 3.48. The van der Waals surface area contributed by atoms with Crippen LogP contribution in [0.1, 0.15) is 31.1 Å². The maximum absolute atomic E-state index is 13.2. The molecule has 0 aliphatic carbocycles. The van der Waals surface area contributed by atoms with Crippen molar-refractivity contribution < 1.29 is 9.21 Å². The monoisotopic (exact) mass is 486 g/mol. The number of nitrogens with two attached hydrogens (primary N) is 1. The van der Waals surface area contributed by atoms with E-state index in [1.165, 1.54) is 21.8 Å². The van der Waals surface area contributed by atoms with Crippen LogP contribution < -0.4 is 21.9 Å². The highest BCUT2D eigenvalue weighted by atomic mass is 79.9.